The van der Waals surface area contributed by atoms with E-state index >= 15 is 0 Å². The van der Waals surface area contributed by atoms with Gasteiger partial charge in [0.25, 0.3) is 0 Å². The number of rotatable bonds is 21. The number of esters is 1. The SMILES string of the molecule is CCCCCCCCCCCCCCCC[N+](C)(C)CCOCCOC(C)=O. The summed E-state index contributed by atoms with van der Waals surface area (Å²) in [4.78, 5) is 10.7. The maximum absolute atomic E-state index is 10.7. The van der Waals surface area contributed by atoms with E-state index in [0.717, 1.165) is 17.6 Å². The lowest BCUT2D eigenvalue weighted by Gasteiger charge is -2.29. The van der Waals surface area contributed by atoms with Crippen LogP contribution >= 0.6 is 0 Å². The van der Waals surface area contributed by atoms with Crippen LogP contribution in [0.25, 0.3) is 0 Å². The van der Waals surface area contributed by atoms with Gasteiger partial charge in [-0.05, 0) is 12.8 Å². The summed E-state index contributed by atoms with van der Waals surface area (Å²) in [7, 11) is 4.55. The Bertz CT molecular complexity index is 345. The molecule has 4 nitrogen and oxygen atoms in total. The highest BCUT2D eigenvalue weighted by Crippen LogP contribution is 2.13. The molecule has 0 saturated carbocycles. The van der Waals surface area contributed by atoms with Crippen LogP contribution in [-0.4, -0.2) is 57.5 Å². The summed E-state index contributed by atoms with van der Waals surface area (Å²) in [6, 6.07) is 0. The van der Waals surface area contributed by atoms with Crippen LogP contribution < -0.4 is 0 Å². The van der Waals surface area contributed by atoms with Crippen molar-refractivity contribution in [3.8, 4) is 0 Å². The van der Waals surface area contributed by atoms with Gasteiger partial charge in [0.2, 0.25) is 0 Å². The van der Waals surface area contributed by atoms with Crippen molar-refractivity contribution in [2.75, 3.05) is 47.0 Å². The zero-order valence-corrected chi connectivity index (χ0v) is 19.6. The van der Waals surface area contributed by atoms with Gasteiger partial charge in [-0.25, -0.2) is 0 Å². The molecule has 0 heterocycles. The van der Waals surface area contributed by atoms with Gasteiger partial charge >= 0.3 is 5.97 Å². The monoisotopic (exact) mass is 400 g/mol. The first-order valence-electron chi connectivity index (χ1n) is 12.0. The number of ether oxygens (including phenoxy) is 2. The van der Waals surface area contributed by atoms with Crippen LogP contribution in [0.3, 0.4) is 0 Å². The molecule has 0 atom stereocenters. The van der Waals surface area contributed by atoms with Crippen molar-refractivity contribution in [1.82, 2.24) is 0 Å². The van der Waals surface area contributed by atoms with Crippen LogP contribution in [0.15, 0.2) is 0 Å². The topological polar surface area (TPSA) is 35.5 Å². The molecule has 0 aliphatic rings. The number of carbonyl (C=O) groups excluding carboxylic acids is 1. The van der Waals surface area contributed by atoms with Crippen molar-refractivity contribution in [3.05, 3.63) is 0 Å². The van der Waals surface area contributed by atoms with Crippen molar-refractivity contribution in [2.24, 2.45) is 0 Å². The molecule has 0 N–H and O–H groups in total. The predicted molar refractivity (Wildman–Crippen MR) is 120 cm³/mol. The van der Waals surface area contributed by atoms with E-state index in [0.29, 0.717) is 13.2 Å². The number of carbonyl (C=O) groups is 1. The fourth-order valence-corrected chi connectivity index (χ4v) is 3.50. The van der Waals surface area contributed by atoms with Gasteiger partial charge in [-0.3, -0.25) is 4.79 Å². The molecule has 0 amide bonds. The van der Waals surface area contributed by atoms with Crippen LogP contribution in [0.5, 0.6) is 0 Å². The second-order valence-electron chi connectivity index (χ2n) is 8.93. The summed E-state index contributed by atoms with van der Waals surface area (Å²) < 4.78 is 11.4. The number of hydrogen-bond acceptors (Lipinski definition) is 3. The smallest absolute Gasteiger partial charge is 0.302 e. The molecule has 0 spiro atoms. The van der Waals surface area contributed by atoms with Gasteiger partial charge in [0.15, 0.2) is 0 Å². The normalized spacial score (nSPS) is 11.7. The van der Waals surface area contributed by atoms with Crippen molar-refractivity contribution in [3.63, 3.8) is 0 Å². The molecule has 0 aliphatic carbocycles. The minimum absolute atomic E-state index is 0.238. The Hall–Kier alpha value is -0.610. The standard InChI is InChI=1S/C24H50NO3/c1-5-6-7-8-9-10-11-12-13-14-15-16-17-18-19-25(3,4)20-21-27-22-23-28-24(2)26/h5-23H2,1-4H3/q+1. The quantitative estimate of drug-likeness (QED) is 0.132. The van der Waals surface area contributed by atoms with Gasteiger partial charge in [-0.15, -0.1) is 0 Å². The Kier molecular flexibility index (Phi) is 19.3. The van der Waals surface area contributed by atoms with Gasteiger partial charge in [-0.2, -0.15) is 0 Å². The average Bonchev–Trinajstić information content (AvgIpc) is 2.64. The Labute approximate surface area is 175 Å². The first-order chi connectivity index (χ1) is 13.5. The first-order valence-corrected chi connectivity index (χ1v) is 12.0. The molecule has 0 bridgehead atoms. The summed E-state index contributed by atoms with van der Waals surface area (Å²) in [5.74, 6) is -0.238. The van der Waals surface area contributed by atoms with Crippen molar-refractivity contribution in [2.45, 2.75) is 104 Å². The van der Waals surface area contributed by atoms with Gasteiger partial charge in [0.1, 0.15) is 13.2 Å². The van der Waals surface area contributed by atoms with E-state index in [9.17, 15) is 4.79 Å². The number of likely N-dealkylation sites (N-methyl/N-ethyl adjacent to an activating group) is 1. The summed E-state index contributed by atoms with van der Waals surface area (Å²) in [6.45, 7) is 7.53. The molecule has 168 valence electrons. The molecule has 0 fully saturated rings. The molecule has 0 unspecified atom stereocenters. The molecule has 0 aromatic heterocycles. The average molecular weight is 401 g/mol. The van der Waals surface area contributed by atoms with E-state index in [4.69, 9.17) is 9.47 Å². The largest absolute Gasteiger partial charge is 0.463 e. The lowest BCUT2D eigenvalue weighted by atomic mass is 10.0. The molecule has 0 aromatic rings. The first kappa shape index (κ1) is 27.4. The van der Waals surface area contributed by atoms with E-state index in [1.165, 1.54) is 103 Å². The zero-order chi connectivity index (χ0) is 20.9. The molecular weight excluding hydrogens is 350 g/mol. The fourth-order valence-electron chi connectivity index (χ4n) is 3.50. The van der Waals surface area contributed by atoms with Gasteiger partial charge < -0.3 is 14.0 Å². The van der Waals surface area contributed by atoms with E-state index in [-0.39, 0.29) is 5.97 Å². The third-order valence-electron chi connectivity index (χ3n) is 5.49. The zero-order valence-electron chi connectivity index (χ0n) is 19.6. The van der Waals surface area contributed by atoms with Crippen LogP contribution in [0.4, 0.5) is 0 Å². The highest BCUT2D eigenvalue weighted by molar-refractivity contribution is 5.65. The molecular formula is C24H50NO3+. The molecule has 4 heteroatoms. The van der Waals surface area contributed by atoms with Gasteiger partial charge in [-0.1, -0.05) is 84.0 Å². The van der Waals surface area contributed by atoms with Crippen LogP contribution in [0.2, 0.25) is 0 Å². The summed E-state index contributed by atoms with van der Waals surface area (Å²) in [6.07, 6.45) is 19.7. The number of hydrogen-bond donors (Lipinski definition) is 0. The lowest BCUT2D eigenvalue weighted by molar-refractivity contribution is -0.891. The highest BCUT2D eigenvalue weighted by Gasteiger charge is 2.13. The fraction of sp³-hybridized carbons (Fsp3) is 0.958. The van der Waals surface area contributed by atoms with Crippen LogP contribution in [0.1, 0.15) is 104 Å². The third-order valence-corrected chi connectivity index (χ3v) is 5.49. The molecule has 0 aromatic carbocycles. The molecule has 0 aliphatic heterocycles. The maximum Gasteiger partial charge on any atom is 0.302 e. The Morgan fingerprint density at radius 1 is 0.643 bits per heavy atom. The Balaban J connectivity index is 3.30. The maximum atomic E-state index is 10.7. The van der Waals surface area contributed by atoms with E-state index in [1.807, 2.05) is 0 Å². The molecule has 0 saturated heterocycles. The molecule has 28 heavy (non-hydrogen) atoms. The Morgan fingerprint density at radius 3 is 1.57 bits per heavy atom. The molecule has 0 rings (SSSR count). The second kappa shape index (κ2) is 19.7. The van der Waals surface area contributed by atoms with Gasteiger partial charge in [0, 0.05) is 6.92 Å². The van der Waals surface area contributed by atoms with E-state index in [1.54, 1.807) is 0 Å². The minimum Gasteiger partial charge on any atom is -0.463 e. The van der Waals surface area contributed by atoms with E-state index in [2.05, 4.69) is 21.0 Å². The Morgan fingerprint density at radius 2 is 1.11 bits per heavy atom. The highest BCUT2D eigenvalue weighted by atomic mass is 16.6. The van der Waals surface area contributed by atoms with Crippen LogP contribution in [-0.2, 0) is 14.3 Å². The van der Waals surface area contributed by atoms with Crippen molar-refractivity contribution in [1.29, 1.82) is 0 Å². The van der Waals surface area contributed by atoms with Gasteiger partial charge in [0.05, 0.1) is 33.9 Å². The third kappa shape index (κ3) is 21.7. The van der Waals surface area contributed by atoms with Crippen molar-refractivity contribution >= 4 is 5.97 Å². The number of quaternary nitrogens is 1. The van der Waals surface area contributed by atoms with Crippen molar-refractivity contribution < 1.29 is 18.8 Å². The van der Waals surface area contributed by atoms with E-state index < -0.39 is 0 Å². The number of nitrogens with zero attached hydrogens (tertiary/aromatic N) is 1. The summed E-state index contributed by atoms with van der Waals surface area (Å²) >= 11 is 0. The molecule has 0 radical (unpaired) electrons. The second-order valence-corrected chi connectivity index (χ2v) is 8.93. The number of unbranched alkanes of at least 4 members (excludes halogenated alkanes) is 13. The summed E-state index contributed by atoms with van der Waals surface area (Å²) in [5, 5.41) is 0. The summed E-state index contributed by atoms with van der Waals surface area (Å²) in [5.41, 5.74) is 0. The van der Waals surface area contributed by atoms with Crippen LogP contribution in [0, 0.1) is 0 Å². The lowest BCUT2D eigenvalue weighted by Crippen LogP contribution is -2.43. The predicted octanol–water partition coefficient (Wildman–Crippen LogP) is 6.12. The minimum atomic E-state index is -0.238.